The van der Waals surface area contributed by atoms with E-state index in [2.05, 4.69) is 15.0 Å². The minimum Gasteiger partial charge on any atom is -0.381 e. The van der Waals surface area contributed by atoms with Crippen LogP contribution in [0.25, 0.3) is 22.6 Å². The van der Waals surface area contributed by atoms with Crippen LogP contribution in [0.1, 0.15) is 0 Å². The number of aliphatic hydroxyl groups is 2. The van der Waals surface area contributed by atoms with Crippen molar-refractivity contribution in [3.05, 3.63) is 43.0 Å². The van der Waals surface area contributed by atoms with Gasteiger partial charge in [0, 0.05) is 13.1 Å². The van der Waals surface area contributed by atoms with Gasteiger partial charge in [-0.3, -0.25) is 14.7 Å². The molecular formula is C14H13Cl2N5O4. The summed E-state index contributed by atoms with van der Waals surface area (Å²) in [7, 11) is 0. The van der Waals surface area contributed by atoms with Gasteiger partial charge >= 0.3 is 5.69 Å². The number of aromatic nitrogens is 4. The first-order chi connectivity index (χ1) is 11.9. The monoisotopic (exact) mass is 385 g/mol. The lowest BCUT2D eigenvalue weighted by Crippen LogP contribution is -2.32. The first kappa shape index (κ1) is 17.8. The van der Waals surface area contributed by atoms with Crippen LogP contribution >= 0.6 is 23.2 Å². The average Bonchev–Trinajstić information content (AvgIpc) is 2.57. The second kappa shape index (κ2) is 7.06. The number of rotatable bonds is 5. The van der Waals surface area contributed by atoms with E-state index in [0.717, 1.165) is 0 Å². The van der Waals surface area contributed by atoms with E-state index in [0.29, 0.717) is 11.0 Å². The van der Waals surface area contributed by atoms with Crippen LogP contribution in [0.3, 0.4) is 0 Å². The number of hydrogen-bond donors (Lipinski definition) is 3. The fourth-order valence-electron chi connectivity index (χ4n) is 2.44. The van der Waals surface area contributed by atoms with E-state index in [4.69, 9.17) is 23.2 Å². The molecule has 0 aliphatic carbocycles. The molecule has 0 unspecified atom stereocenters. The number of aliphatic hydroxyl groups excluding tert-OH is 2. The molecule has 2 heterocycles. The highest BCUT2D eigenvalue weighted by Gasteiger charge is 2.20. The molecule has 0 bridgehead atoms. The van der Waals surface area contributed by atoms with Crippen molar-refractivity contribution in [2.24, 2.45) is 0 Å². The minimum absolute atomic E-state index is 0.0231. The van der Waals surface area contributed by atoms with E-state index in [1.54, 1.807) is 10.6 Å². The normalized spacial score (nSPS) is 11.7. The van der Waals surface area contributed by atoms with Crippen molar-refractivity contribution in [3.8, 4) is 11.5 Å². The molecule has 0 saturated heterocycles. The Bertz CT molecular complexity index is 1010. The lowest BCUT2D eigenvalue weighted by atomic mass is 10.2. The third-order valence-corrected chi connectivity index (χ3v) is 4.41. The van der Waals surface area contributed by atoms with Gasteiger partial charge in [0.1, 0.15) is 0 Å². The number of benzene rings is 1. The van der Waals surface area contributed by atoms with Gasteiger partial charge in [0.15, 0.2) is 11.5 Å². The third-order valence-electron chi connectivity index (χ3n) is 3.69. The smallest absolute Gasteiger partial charge is 0.349 e. The van der Waals surface area contributed by atoms with Gasteiger partial charge in [-0.2, -0.15) is 4.98 Å². The number of nitrogens with zero attached hydrogens (tertiary/aromatic N) is 4. The van der Waals surface area contributed by atoms with Crippen molar-refractivity contribution in [1.29, 1.82) is 0 Å². The van der Waals surface area contributed by atoms with Gasteiger partial charge in [-0.25, -0.2) is 9.78 Å². The van der Waals surface area contributed by atoms with Crippen molar-refractivity contribution >= 4 is 34.2 Å². The molecule has 2 aliphatic rings. The Morgan fingerprint density at radius 2 is 1.80 bits per heavy atom. The summed E-state index contributed by atoms with van der Waals surface area (Å²) in [6.07, 6.45) is 0. The second-order valence-corrected chi connectivity index (χ2v) is 6.05. The molecule has 3 N–H and O–H groups in total. The van der Waals surface area contributed by atoms with Crippen LogP contribution in [0.5, 0.6) is 0 Å². The zero-order chi connectivity index (χ0) is 18.1. The van der Waals surface area contributed by atoms with Crippen LogP contribution in [0, 0.1) is 0 Å². The topological polar surface area (TPSA) is 124 Å². The number of H-pyrrole nitrogens is 1. The number of nitrogens with one attached hydrogen (secondary N) is 1. The van der Waals surface area contributed by atoms with Crippen LogP contribution < -0.4 is 11.2 Å². The predicted octanol–water partition coefficient (Wildman–Crippen LogP) is 0.0930. The number of aromatic amines is 1. The zero-order valence-electron chi connectivity index (χ0n) is 12.7. The SMILES string of the molecule is O=c1nc2n(CCN(CO)CO)c3cc(Cl)c(Cl)cc3nc-2c(=O)[nH]1. The molecule has 0 spiro atoms. The molecule has 1 aromatic rings. The standard InChI is InChI=1S/C14H13Cl2N5O4/c15-7-3-9-10(4-8(7)16)21(2-1-20(5-22)6-23)12-11(17-9)13(24)19-14(25)18-12/h3-4,22-23H,1-2,5-6H2,(H,19,24,25). The Morgan fingerprint density at radius 3 is 2.48 bits per heavy atom. The van der Waals surface area contributed by atoms with Gasteiger partial charge in [0.2, 0.25) is 0 Å². The highest BCUT2D eigenvalue weighted by molar-refractivity contribution is 6.42. The van der Waals surface area contributed by atoms with Crippen molar-refractivity contribution < 1.29 is 10.2 Å². The zero-order valence-corrected chi connectivity index (χ0v) is 14.3. The quantitative estimate of drug-likeness (QED) is 0.419. The van der Waals surface area contributed by atoms with Crippen LogP contribution in [-0.4, -0.2) is 54.6 Å². The molecule has 0 radical (unpaired) electrons. The molecule has 0 atom stereocenters. The van der Waals surface area contributed by atoms with Crippen LogP contribution in [-0.2, 0) is 6.54 Å². The Morgan fingerprint density at radius 1 is 1.12 bits per heavy atom. The molecule has 0 fully saturated rings. The predicted molar refractivity (Wildman–Crippen MR) is 91.9 cm³/mol. The lowest BCUT2D eigenvalue weighted by molar-refractivity contribution is 0.0274. The summed E-state index contributed by atoms with van der Waals surface area (Å²) in [5.74, 6) is 0.0791. The maximum atomic E-state index is 12.1. The second-order valence-electron chi connectivity index (χ2n) is 5.24. The summed E-state index contributed by atoms with van der Waals surface area (Å²) in [4.78, 5) is 35.2. The molecule has 25 heavy (non-hydrogen) atoms. The first-order valence-corrected chi connectivity index (χ1v) is 7.94. The molecule has 0 saturated carbocycles. The van der Waals surface area contributed by atoms with E-state index in [1.165, 1.54) is 11.0 Å². The van der Waals surface area contributed by atoms with Gasteiger partial charge in [0.05, 0.1) is 34.5 Å². The van der Waals surface area contributed by atoms with E-state index < -0.39 is 11.2 Å². The highest BCUT2D eigenvalue weighted by atomic mass is 35.5. The molecule has 1 aromatic carbocycles. The summed E-state index contributed by atoms with van der Waals surface area (Å²) < 4.78 is 1.58. The fraction of sp³-hybridized carbons (Fsp3) is 0.286. The first-order valence-electron chi connectivity index (χ1n) is 7.18. The Hall–Kier alpha value is -2.04. The van der Waals surface area contributed by atoms with E-state index in [9.17, 15) is 19.8 Å². The van der Waals surface area contributed by atoms with Gasteiger partial charge < -0.3 is 14.8 Å². The Kier molecular flexibility index (Phi) is 5.02. The largest absolute Gasteiger partial charge is 0.381 e. The van der Waals surface area contributed by atoms with Crippen molar-refractivity contribution in [1.82, 2.24) is 24.4 Å². The Balaban J connectivity index is 2.29. The minimum atomic E-state index is -0.798. The Labute approximate surface area is 150 Å². The molecule has 11 heteroatoms. The number of hydrogen-bond acceptors (Lipinski definition) is 7. The van der Waals surface area contributed by atoms with E-state index >= 15 is 0 Å². The summed E-state index contributed by atoms with van der Waals surface area (Å²) in [5.41, 5.74) is -0.584. The van der Waals surface area contributed by atoms with Gasteiger partial charge in [-0.05, 0) is 12.1 Å². The van der Waals surface area contributed by atoms with Crippen molar-refractivity contribution in [2.45, 2.75) is 6.54 Å². The van der Waals surface area contributed by atoms with Gasteiger partial charge in [-0.15, -0.1) is 0 Å². The molecule has 2 aliphatic heterocycles. The van der Waals surface area contributed by atoms with Crippen LogP contribution in [0.2, 0.25) is 10.0 Å². The maximum absolute atomic E-state index is 12.1. The summed E-state index contributed by atoms with van der Waals surface area (Å²) in [6, 6.07) is 3.07. The van der Waals surface area contributed by atoms with Crippen LogP contribution in [0.15, 0.2) is 21.7 Å². The van der Waals surface area contributed by atoms with Gasteiger partial charge in [0.25, 0.3) is 5.56 Å². The van der Waals surface area contributed by atoms with Crippen LogP contribution in [0.4, 0.5) is 0 Å². The lowest BCUT2D eigenvalue weighted by Gasteiger charge is -2.21. The molecule has 132 valence electrons. The summed E-state index contributed by atoms with van der Waals surface area (Å²) in [6.45, 7) is -0.268. The number of fused-ring (bicyclic) bond motifs is 2. The molecule has 0 amide bonds. The number of halogens is 2. The highest BCUT2D eigenvalue weighted by Crippen LogP contribution is 2.29. The van der Waals surface area contributed by atoms with E-state index in [1.807, 2.05) is 0 Å². The van der Waals surface area contributed by atoms with Crippen molar-refractivity contribution in [2.75, 3.05) is 20.0 Å². The summed E-state index contributed by atoms with van der Waals surface area (Å²) in [5, 5.41) is 18.9. The van der Waals surface area contributed by atoms with Gasteiger partial charge in [-0.1, -0.05) is 23.2 Å². The molecule has 0 aromatic heterocycles. The molecule has 9 nitrogen and oxygen atoms in total. The third kappa shape index (κ3) is 3.37. The molecule has 3 rings (SSSR count). The fourth-order valence-corrected chi connectivity index (χ4v) is 2.76. The summed E-state index contributed by atoms with van der Waals surface area (Å²) >= 11 is 12.1. The average molecular weight is 386 g/mol. The van der Waals surface area contributed by atoms with E-state index in [-0.39, 0.29) is 48.1 Å². The molecular weight excluding hydrogens is 373 g/mol. The maximum Gasteiger partial charge on any atom is 0.349 e. The van der Waals surface area contributed by atoms with Crippen molar-refractivity contribution in [3.63, 3.8) is 0 Å².